The van der Waals surface area contributed by atoms with Crippen molar-refractivity contribution in [1.29, 1.82) is 0 Å². The van der Waals surface area contributed by atoms with Gasteiger partial charge in [-0.25, -0.2) is 9.97 Å². The predicted octanol–water partition coefficient (Wildman–Crippen LogP) is 3.71. The highest BCUT2D eigenvalue weighted by molar-refractivity contribution is 6.04. The van der Waals surface area contributed by atoms with E-state index >= 15 is 0 Å². The summed E-state index contributed by atoms with van der Waals surface area (Å²) < 4.78 is 2.07. The summed E-state index contributed by atoms with van der Waals surface area (Å²) in [6.07, 6.45) is 7.56. The third kappa shape index (κ3) is 1.61. The van der Waals surface area contributed by atoms with Crippen LogP contribution in [-0.4, -0.2) is 19.4 Å². The van der Waals surface area contributed by atoms with Crippen LogP contribution in [0.5, 0.6) is 0 Å². The van der Waals surface area contributed by atoms with Crippen LogP contribution in [-0.2, 0) is 6.42 Å². The number of unbranched alkanes of at least 4 members (excludes halogenated alkanes) is 1. The maximum absolute atomic E-state index is 4.65. The summed E-state index contributed by atoms with van der Waals surface area (Å²) in [5.41, 5.74) is 4.42. The number of aryl methyl sites for hydroxylation is 1. The van der Waals surface area contributed by atoms with Gasteiger partial charge < -0.3 is 4.98 Å². The Morgan fingerprint density at radius 1 is 1.25 bits per heavy atom. The predicted molar refractivity (Wildman–Crippen MR) is 81.0 cm³/mol. The highest BCUT2D eigenvalue weighted by Gasteiger charge is 2.11. The Morgan fingerprint density at radius 2 is 2.15 bits per heavy atom. The molecule has 1 N–H and O–H groups in total. The standard InChI is InChI=1S/C16H16N4/c1-2-3-6-11-9-17-16-19-14-12-7-4-5-8-13(12)18-15(14)20(16)10-11/h4-5,7-10,18H,2-3,6H2,1H3. The van der Waals surface area contributed by atoms with Crippen LogP contribution >= 0.6 is 0 Å². The number of para-hydroxylation sites is 1. The summed E-state index contributed by atoms with van der Waals surface area (Å²) in [6.45, 7) is 2.21. The van der Waals surface area contributed by atoms with Crippen LogP contribution in [0, 0.1) is 0 Å². The molecule has 4 rings (SSSR count). The topological polar surface area (TPSA) is 46.0 Å². The monoisotopic (exact) mass is 264 g/mol. The first-order chi connectivity index (χ1) is 9.86. The Morgan fingerprint density at radius 3 is 3.05 bits per heavy atom. The number of nitrogens with one attached hydrogen (secondary N) is 1. The number of imidazole rings is 1. The van der Waals surface area contributed by atoms with Crippen LogP contribution in [0.25, 0.3) is 27.8 Å². The first-order valence-corrected chi connectivity index (χ1v) is 7.10. The third-order valence-electron chi connectivity index (χ3n) is 3.79. The molecule has 0 amide bonds. The van der Waals surface area contributed by atoms with E-state index < -0.39 is 0 Å². The minimum atomic E-state index is 0.761. The minimum Gasteiger partial charge on any atom is -0.339 e. The fourth-order valence-corrected chi connectivity index (χ4v) is 2.72. The Bertz CT molecular complexity index is 901. The van der Waals surface area contributed by atoms with E-state index in [0.717, 1.165) is 34.3 Å². The lowest BCUT2D eigenvalue weighted by Crippen LogP contribution is -1.94. The zero-order valence-electron chi connectivity index (χ0n) is 11.4. The molecule has 0 radical (unpaired) electrons. The lowest BCUT2D eigenvalue weighted by molar-refractivity contribution is 0.787. The number of H-pyrrole nitrogens is 1. The second-order valence-electron chi connectivity index (χ2n) is 5.22. The fourth-order valence-electron chi connectivity index (χ4n) is 2.72. The maximum Gasteiger partial charge on any atom is 0.236 e. The van der Waals surface area contributed by atoms with Gasteiger partial charge in [0.05, 0.1) is 0 Å². The van der Waals surface area contributed by atoms with Crippen molar-refractivity contribution in [1.82, 2.24) is 19.4 Å². The maximum atomic E-state index is 4.65. The van der Waals surface area contributed by atoms with Crippen molar-refractivity contribution >= 4 is 27.8 Å². The molecule has 3 aromatic heterocycles. The Hall–Kier alpha value is -2.36. The van der Waals surface area contributed by atoms with Crippen LogP contribution in [0.2, 0.25) is 0 Å². The smallest absolute Gasteiger partial charge is 0.236 e. The quantitative estimate of drug-likeness (QED) is 0.613. The third-order valence-corrected chi connectivity index (χ3v) is 3.79. The zero-order valence-corrected chi connectivity index (χ0v) is 11.4. The molecule has 1 aromatic carbocycles. The van der Waals surface area contributed by atoms with Crippen molar-refractivity contribution in [3.63, 3.8) is 0 Å². The molecule has 4 nitrogen and oxygen atoms in total. The largest absolute Gasteiger partial charge is 0.339 e. The molecular formula is C16H16N4. The summed E-state index contributed by atoms with van der Waals surface area (Å²) in [5, 5.41) is 1.16. The molecule has 100 valence electrons. The average molecular weight is 264 g/mol. The number of hydrogen-bond donors (Lipinski definition) is 1. The summed E-state index contributed by atoms with van der Waals surface area (Å²) in [5.74, 6) is 0.761. The van der Waals surface area contributed by atoms with Gasteiger partial charge in [0.15, 0.2) is 0 Å². The van der Waals surface area contributed by atoms with Gasteiger partial charge >= 0.3 is 0 Å². The fraction of sp³-hybridized carbons (Fsp3) is 0.250. The first kappa shape index (κ1) is 11.5. The van der Waals surface area contributed by atoms with Crippen LogP contribution in [0.15, 0.2) is 36.7 Å². The SMILES string of the molecule is CCCCc1cnc2nc3c4ccccc4[nH]c3n2c1. The molecule has 0 aliphatic carbocycles. The van der Waals surface area contributed by atoms with Gasteiger partial charge in [-0.3, -0.25) is 4.40 Å². The summed E-state index contributed by atoms with van der Waals surface area (Å²) in [6, 6.07) is 8.26. The van der Waals surface area contributed by atoms with E-state index in [1.165, 1.54) is 18.4 Å². The second kappa shape index (κ2) is 4.34. The van der Waals surface area contributed by atoms with Crippen molar-refractivity contribution in [2.45, 2.75) is 26.2 Å². The van der Waals surface area contributed by atoms with E-state index in [9.17, 15) is 0 Å². The number of nitrogens with zero attached hydrogens (tertiary/aromatic N) is 3. The van der Waals surface area contributed by atoms with E-state index in [1.54, 1.807) is 0 Å². The van der Waals surface area contributed by atoms with Crippen LogP contribution in [0.3, 0.4) is 0 Å². The van der Waals surface area contributed by atoms with Crippen LogP contribution in [0.4, 0.5) is 0 Å². The molecule has 3 heterocycles. The van der Waals surface area contributed by atoms with E-state index in [1.807, 2.05) is 18.3 Å². The van der Waals surface area contributed by atoms with Crippen molar-refractivity contribution in [3.8, 4) is 0 Å². The molecule has 20 heavy (non-hydrogen) atoms. The van der Waals surface area contributed by atoms with Crippen molar-refractivity contribution in [3.05, 3.63) is 42.2 Å². The van der Waals surface area contributed by atoms with Gasteiger partial charge in [-0.1, -0.05) is 31.5 Å². The second-order valence-corrected chi connectivity index (χ2v) is 5.22. The summed E-state index contributed by atoms with van der Waals surface area (Å²) >= 11 is 0. The van der Waals surface area contributed by atoms with Crippen molar-refractivity contribution in [2.24, 2.45) is 0 Å². The van der Waals surface area contributed by atoms with Gasteiger partial charge in [0.1, 0.15) is 11.2 Å². The highest BCUT2D eigenvalue weighted by atomic mass is 15.1. The number of hydrogen-bond acceptors (Lipinski definition) is 2. The van der Waals surface area contributed by atoms with E-state index in [2.05, 4.69) is 44.6 Å². The molecular weight excluding hydrogens is 248 g/mol. The molecule has 0 atom stereocenters. The number of fused-ring (bicyclic) bond motifs is 5. The van der Waals surface area contributed by atoms with Gasteiger partial charge in [-0.2, -0.15) is 0 Å². The van der Waals surface area contributed by atoms with Crippen molar-refractivity contribution in [2.75, 3.05) is 0 Å². The van der Waals surface area contributed by atoms with Gasteiger partial charge in [0, 0.05) is 23.3 Å². The molecule has 0 spiro atoms. The molecule has 0 bridgehead atoms. The molecule has 0 unspecified atom stereocenters. The molecule has 0 fully saturated rings. The Kier molecular flexibility index (Phi) is 2.49. The number of aromatic amines is 1. The molecule has 0 aliphatic rings. The normalized spacial score (nSPS) is 11.8. The van der Waals surface area contributed by atoms with E-state index in [4.69, 9.17) is 0 Å². The first-order valence-electron chi connectivity index (χ1n) is 7.10. The molecule has 4 heteroatoms. The van der Waals surface area contributed by atoms with Crippen LogP contribution in [0.1, 0.15) is 25.3 Å². The summed E-state index contributed by atoms with van der Waals surface area (Å²) in [4.78, 5) is 12.6. The van der Waals surface area contributed by atoms with E-state index in [-0.39, 0.29) is 0 Å². The lowest BCUT2D eigenvalue weighted by atomic mass is 10.1. The Labute approximate surface area is 116 Å². The van der Waals surface area contributed by atoms with Crippen LogP contribution < -0.4 is 0 Å². The number of rotatable bonds is 3. The Balaban J connectivity index is 1.98. The van der Waals surface area contributed by atoms with Gasteiger partial charge in [0.25, 0.3) is 0 Å². The lowest BCUT2D eigenvalue weighted by Gasteiger charge is -2.00. The average Bonchev–Trinajstić information content (AvgIpc) is 3.01. The van der Waals surface area contributed by atoms with E-state index in [0.29, 0.717) is 0 Å². The zero-order chi connectivity index (χ0) is 13.5. The molecule has 0 saturated carbocycles. The van der Waals surface area contributed by atoms with Crippen molar-refractivity contribution < 1.29 is 0 Å². The summed E-state index contributed by atoms with van der Waals surface area (Å²) in [7, 11) is 0. The molecule has 4 aromatic rings. The van der Waals surface area contributed by atoms with Gasteiger partial charge in [-0.05, 0) is 24.5 Å². The number of aromatic nitrogens is 4. The van der Waals surface area contributed by atoms with Gasteiger partial charge in [-0.15, -0.1) is 0 Å². The van der Waals surface area contributed by atoms with Gasteiger partial charge in [0.2, 0.25) is 5.78 Å². The highest BCUT2D eigenvalue weighted by Crippen LogP contribution is 2.25. The molecule has 0 aliphatic heterocycles. The molecule has 0 saturated heterocycles. The minimum absolute atomic E-state index is 0.761. The number of benzene rings is 1.